The number of rotatable bonds is 3. The molecule has 0 fully saturated rings. The second kappa shape index (κ2) is 4.44. The van der Waals surface area contributed by atoms with Crippen LogP contribution in [-0.2, 0) is 6.61 Å². The van der Waals surface area contributed by atoms with Crippen LogP contribution in [0.5, 0.6) is 5.75 Å². The van der Waals surface area contributed by atoms with E-state index in [1.54, 1.807) is 13.1 Å². The highest BCUT2D eigenvalue weighted by atomic mass is 16.5. The van der Waals surface area contributed by atoms with Gasteiger partial charge < -0.3 is 9.26 Å². The Labute approximate surface area is 103 Å². The van der Waals surface area contributed by atoms with Gasteiger partial charge in [0.05, 0.1) is 11.7 Å². The zero-order valence-corrected chi connectivity index (χ0v) is 9.83. The van der Waals surface area contributed by atoms with E-state index in [0.29, 0.717) is 17.5 Å². The van der Waals surface area contributed by atoms with Crippen molar-refractivity contribution in [1.82, 2.24) is 15.1 Å². The molecule has 3 rings (SSSR count). The van der Waals surface area contributed by atoms with Crippen LogP contribution in [0.1, 0.15) is 11.7 Å². The Kier molecular flexibility index (Phi) is 2.64. The number of aryl methyl sites for hydroxylation is 1. The number of aromatic nitrogens is 3. The van der Waals surface area contributed by atoms with Gasteiger partial charge in [0.25, 0.3) is 0 Å². The molecule has 0 aliphatic heterocycles. The van der Waals surface area contributed by atoms with Crippen LogP contribution in [0.2, 0.25) is 0 Å². The average molecular weight is 241 g/mol. The molecule has 2 heterocycles. The molecule has 0 spiro atoms. The molecule has 0 aliphatic carbocycles. The van der Waals surface area contributed by atoms with Gasteiger partial charge in [-0.25, -0.2) is 0 Å². The first-order valence-electron chi connectivity index (χ1n) is 5.58. The monoisotopic (exact) mass is 241 g/mol. The summed E-state index contributed by atoms with van der Waals surface area (Å²) in [5.41, 5.74) is 0.945. The van der Waals surface area contributed by atoms with Crippen LogP contribution in [0.4, 0.5) is 0 Å². The summed E-state index contributed by atoms with van der Waals surface area (Å²) >= 11 is 0. The van der Waals surface area contributed by atoms with E-state index in [1.807, 2.05) is 30.3 Å². The van der Waals surface area contributed by atoms with Crippen molar-refractivity contribution in [3.05, 3.63) is 48.2 Å². The maximum Gasteiger partial charge on any atom is 0.223 e. The predicted molar refractivity (Wildman–Crippen MR) is 65.1 cm³/mol. The molecule has 0 amide bonds. The lowest BCUT2D eigenvalue weighted by Crippen LogP contribution is -1.98. The number of pyridine rings is 1. The number of ether oxygens (including phenoxy) is 1. The molecule has 5 nitrogen and oxygen atoms in total. The standard InChI is InChI=1S/C13H11N3O2/c1-9-15-13(16-18-9)8-17-11-6-10-4-2-3-5-12(10)14-7-11/h2-7H,8H2,1H3. The summed E-state index contributed by atoms with van der Waals surface area (Å²) in [6.45, 7) is 2.02. The van der Waals surface area contributed by atoms with Gasteiger partial charge in [0.2, 0.25) is 11.7 Å². The van der Waals surface area contributed by atoms with E-state index in [0.717, 1.165) is 10.9 Å². The van der Waals surface area contributed by atoms with Crippen LogP contribution in [0.3, 0.4) is 0 Å². The van der Waals surface area contributed by atoms with Crippen LogP contribution >= 0.6 is 0 Å². The van der Waals surface area contributed by atoms with Crippen LogP contribution in [0.25, 0.3) is 10.9 Å². The summed E-state index contributed by atoms with van der Waals surface area (Å²) in [6, 6.07) is 9.82. The Morgan fingerprint density at radius 2 is 2.17 bits per heavy atom. The number of hydrogen-bond donors (Lipinski definition) is 0. The molecular weight excluding hydrogens is 230 g/mol. The molecule has 2 aromatic heterocycles. The summed E-state index contributed by atoms with van der Waals surface area (Å²) in [5.74, 6) is 1.75. The average Bonchev–Trinajstić information content (AvgIpc) is 2.82. The SMILES string of the molecule is Cc1nc(COc2cnc3ccccc3c2)no1. The maximum atomic E-state index is 5.57. The normalized spacial score (nSPS) is 10.7. The molecule has 0 saturated carbocycles. The summed E-state index contributed by atoms with van der Waals surface area (Å²) in [7, 11) is 0. The lowest BCUT2D eigenvalue weighted by atomic mass is 10.2. The van der Waals surface area contributed by atoms with Gasteiger partial charge in [-0.2, -0.15) is 4.98 Å². The zero-order valence-electron chi connectivity index (χ0n) is 9.83. The van der Waals surface area contributed by atoms with E-state index in [4.69, 9.17) is 9.26 Å². The third kappa shape index (κ3) is 2.15. The van der Waals surface area contributed by atoms with Crippen LogP contribution in [0.15, 0.2) is 41.1 Å². The van der Waals surface area contributed by atoms with Gasteiger partial charge in [-0.05, 0) is 12.1 Å². The predicted octanol–water partition coefficient (Wildman–Crippen LogP) is 2.51. The van der Waals surface area contributed by atoms with Gasteiger partial charge >= 0.3 is 0 Å². The molecule has 90 valence electrons. The topological polar surface area (TPSA) is 61.0 Å². The van der Waals surface area contributed by atoms with Crippen molar-refractivity contribution in [2.45, 2.75) is 13.5 Å². The Balaban J connectivity index is 1.78. The van der Waals surface area contributed by atoms with Gasteiger partial charge in [0, 0.05) is 12.3 Å². The molecule has 18 heavy (non-hydrogen) atoms. The van der Waals surface area contributed by atoms with E-state index < -0.39 is 0 Å². The maximum absolute atomic E-state index is 5.57. The number of fused-ring (bicyclic) bond motifs is 1. The fourth-order valence-electron chi connectivity index (χ4n) is 1.68. The molecule has 0 saturated heterocycles. The van der Waals surface area contributed by atoms with Crippen molar-refractivity contribution < 1.29 is 9.26 Å². The van der Waals surface area contributed by atoms with E-state index in [9.17, 15) is 0 Å². The van der Waals surface area contributed by atoms with Gasteiger partial charge in [0.15, 0.2) is 6.61 Å². The third-order valence-corrected chi connectivity index (χ3v) is 2.50. The largest absolute Gasteiger partial charge is 0.484 e. The summed E-state index contributed by atoms with van der Waals surface area (Å²) in [4.78, 5) is 8.37. The fourth-order valence-corrected chi connectivity index (χ4v) is 1.68. The Hall–Kier alpha value is -2.43. The summed E-state index contributed by atoms with van der Waals surface area (Å²) in [6.07, 6.45) is 1.69. The Bertz CT molecular complexity index is 679. The van der Waals surface area contributed by atoms with Crippen LogP contribution in [-0.4, -0.2) is 15.1 Å². The minimum atomic E-state index is 0.275. The molecule has 0 bridgehead atoms. The van der Waals surface area contributed by atoms with Crippen molar-refractivity contribution in [3.63, 3.8) is 0 Å². The lowest BCUT2D eigenvalue weighted by molar-refractivity contribution is 0.285. The highest BCUT2D eigenvalue weighted by Crippen LogP contribution is 2.18. The van der Waals surface area contributed by atoms with Gasteiger partial charge in [-0.3, -0.25) is 4.98 Å². The van der Waals surface area contributed by atoms with E-state index in [1.165, 1.54) is 0 Å². The molecule has 3 aromatic rings. The van der Waals surface area contributed by atoms with Crippen molar-refractivity contribution in [2.24, 2.45) is 0 Å². The highest BCUT2D eigenvalue weighted by molar-refractivity contribution is 5.79. The first-order chi connectivity index (χ1) is 8.81. The van der Waals surface area contributed by atoms with Crippen molar-refractivity contribution in [3.8, 4) is 5.75 Å². The number of benzene rings is 1. The number of nitrogens with zero attached hydrogens (tertiary/aromatic N) is 3. The molecule has 0 N–H and O–H groups in total. The second-order valence-corrected chi connectivity index (χ2v) is 3.88. The van der Waals surface area contributed by atoms with Crippen molar-refractivity contribution >= 4 is 10.9 Å². The quantitative estimate of drug-likeness (QED) is 0.705. The van der Waals surface area contributed by atoms with Crippen LogP contribution in [0, 0.1) is 6.92 Å². The Morgan fingerprint density at radius 1 is 1.28 bits per heavy atom. The molecule has 0 aliphatic rings. The van der Waals surface area contributed by atoms with Crippen molar-refractivity contribution in [2.75, 3.05) is 0 Å². The van der Waals surface area contributed by atoms with E-state index >= 15 is 0 Å². The van der Waals surface area contributed by atoms with Gasteiger partial charge in [-0.1, -0.05) is 23.4 Å². The first-order valence-corrected chi connectivity index (χ1v) is 5.58. The minimum Gasteiger partial charge on any atom is -0.484 e. The molecule has 0 unspecified atom stereocenters. The smallest absolute Gasteiger partial charge is 0.223 e. The second-order valence-electron chi connectivity index (χ2n) is 3.88. The zero-order chi connectivity index (χ0) is 12.4. The van der Waals surface area contributed by atoms with Gasteiger partial charge in [-0.15, -0.1) is 0 Å². The molecule has 1 aromatic carbocycles. The minimum absolute atomic E-state index is 0.275. The number of hydrogen-bond acceptors (Lipinski definition) is 5. The molecule has 5 heteroatoms. The van der Waals surface area contributed by atoms with Crippen LogP contribution < -0.4 is 4.74 Å². The molecule has 0 radical (unpaired) electrons. The third-order valence-electron chi connectivity index (χ3n) is 2.50. The summed E-state index contributed by atoms with van der Waals surface area (Å²) in [5, 5.41) is 4.80. The van der Waals surface area contributed by atoms with E-state index in [2.05, 4.69) is 15.1 Å². The summed E-state index contributed by atoms with van der Waals surface area (Å²) < 4.78 is 10.4. The van der Waals surface area contributed by atoms with Gasteiger partial charge in [0.1, 0.15) is 5.75 Å². The van der Waals surface area contributed by atoms with E-state index in [-0.39, 0.29) is 6.61 Å². The highest BCUT2D eigenvalue weighted by Gasteiger charge is 2.04. The lowest BCUT2D eigenvalue weighted by Gasteiger charge is -2.03. The molecule has 0 atom stereocenters. The molecular formula is C13H11N3O2. The van der Waals surface area contributed by atoms with Crippen molar-refractivity contribution in [1.29, 1.82) is 0 Å². The first kappa shape index (κ1) is 10.7. The Morgan fingerprint density at radius 3 is 3.00 bits per heavy atom. The fraction of sp³-hybridized carbons (Fsp3) is 0.154. The number of para-hydroxylation sites is 1.